The van der Waals surface area contributed by atoms with E-state index in [-0.39, 0.29) is 5.78 Å². The third-order valence-corrected chi connectivity index (χ3v) is 2.05. The molecule has 0 aliphatic heterocycles. The average molecular weight is 203 g/mol. The maximum atomic E-state index is 10.9. The van der Waals surface area contributed by atoms with Gasteiger partial charge in [0.05, 0.1) is 0 Å². The average Bonchev–Trinajstić information content (AvgIpc) is 2.04. The van der Waals surface area contributed by atoms with Crippen LogP contribution >= 0.6 is 23.2 Å². The van der Waals surface area contributed by atoms with E-state index in [1.54, 1.807) is 24.3 Å². The number of hydrogen-bond acceptors (Lipinski definition) is 1. The quantitative estimate of drug-likeness (QED) is 0.532. The summed E-state index contributed by atoms with van der Waals surface area (Å²) >= 11 is 11.3. The van der Waals surface area contributed by atoms with Gasteiger partial charge in [0.25, 0.3) is 0 Å². The van der Waals surface area contributed by atoms with Crippen molar-refractivity contribution in [3.8, 4) is 0 Å². The van der Waals surface area contributed by atoms with Gasteiger partial charge in [-0.2, -0.15) is 0 Å². The second kappa shape index (κ2) is 3.92. The van der Waals surface area contributed by atoms with Gasteiger partial charge in [-0.15, -0.1) is 23.2 Å². The van der Waals surface area contributed by atoms with Gasteiger partial charge in [0.2, 0.25) is 0 Å². The molecule has 0 spiro atoms. The number of carbonyl (C=O) groups excluding carboxylic acids is 1. The van der Waals surface area contributed by atoms with Crippen LogP contribution in [0.25, 0.3) is 0 Å². The molecule has 1 rings (SSSR count). The molecular weight excluding hydrogens is 195 g/mol. The zero-order valence-corrected chi connectivity index (χ0v) is 8.06. The Morgan fingerprint density at radius 3 is 2.58 bits per heavy atom. The van der Waals surface area contributed by atoms with Crippen molar-refractivity contribution in [3.05, 3.63) is 35.4 Å². The Balaban J connectivity index is 3.04. The Morgan fingerprint density at radius 1 is 1.42 bits per heavy atom. The van der Waals surface area contributed by atoms with Gasteiger partial charge < -0.3 is 0 Å². The predicted molar refractivity (Wildman–Crippen MR) is 50.9 cm³/mol. The minimum Gasteiger partial charge on any atom is -0.295 e. The fourth-order valence-corrected chi connectivity index (χ4v) is 1.16. The molecule has 64 valence electrons. The van der Waals surface area contributed by atoms with E-state index in [0.717, 1.165) is 5.56 Å². The summed E-state index contributed by atoms with van der Waals surface area (Å²) in [6, 6.07) is 7.00. The number of carbonyl (C=O) groups is 1. The lowest BCUT2D eigenvalue weighted by Gasteiger charge is -2.02. The topological polar surface area (TPSA) is 17.1 Å². The number of ketones is 1. The fourth-order valence-electron chi connectivity index (χ4n) is 0.893. The molecular formula is C9H8Cl2O. The van der Waals surface area contributed by atoms with Crippen LogP contribution in [-0.2, 0) is 0 Å². The van der Waals surface area contributed by atoms with E-state index in [1.807, 2.05) is 0 Å². The van der Waals surface area contributed by atoms with Crippen LogP contribution in [0.15, 0.2) is 24.3 Å². The summed E-state index contributed by atoms with van der Waals surface area (Å²) < 4.78 is 0. The molecule has 0 N–H and O–H groups in total. The minimum absolute atomic E-state index is 0.0193. The first kappa shape index (κ1) is 9.56. The molecule has 0 saturated carbocycles. The standard InChI is InChI=1S/C9H8Cl2O/c1-6(12)7-3-2-4-8(5-7)9(10)11/h2-5,9H,1H3. The Kier molecular flexibility index (Phi) is 3.12. The van der Waals surface area contributed by atoms with E-state index < -0.39 is 4.84 Å². The van der Waals surface area contributed by atoms with Crippen molar-refractivity contribution >= 4 is 29.0 Å². The zero-order valence-electron chi connectivity index (χ0n) is 6.55. The lowest BCUT2D eigenvalue weighted by atomic mass is 10.1. The van der Waals surface area contributed by atoms with Crippen LogP contribution in [0.1, 0.15) is 27.7 Å². The molecule has 1 nitrogen and oxygen atoms in total. The second-order valence-corrected chi connectivity index (χ2v) is 3.58. The second-order valence-electron chi connectivity index (χ2n) is 2.48. The lowest BCUT2D eigenvalue weighted by Crippen LogP contribution is -1.93. The van der Waals surface area contributed by atoms with Crippen molar-refractivity contribution in [1.82, 2.24) is 0 Å². The normalized spacial score (nSPS) is 10.3. The summed E-state index contributed by atoms with van der Waals surface area (Å²) in [5.41, 5.74) is 1.39. The van der Waals surface area contributed by atoms with Gasteiger partial charge in [0, 0.05) is 5.56 Å². The monoisotopic (exact) mass is 202 g/mol. The highest BCUT2D eigenvalue weighted by atomic mass is 35.5. The van der Waals surface area contributed by atoms with Crippen molar-refractivity contribution in [1.29, 1.82) is 0 Å². The first-order chi connectivity index (χ1) is 5.61. The van der Waals surface area contributed by atoms with Gasteiger partial charge in [0.15, 0.2) is 5.78 Å². The van der Waals surface area contributed by atoms with Gasteiger partial charge in [-0.1, -0.05) is 18.2 Å². The molecule has 0 atom stereocenters. The molecule has 0 amide bonds. The Labute approximate surface area is 81.3 Å². The number of rotatable bonds is 2. The van der Waals surface area contributed by atoms with Crippen molar-refractivity contribution in [2.75, 3.05) is 0 Å². The smallest absolute Gasteiger partial charge is 0.159 e. The molecule has 0 fully saturated rings. The molecule has 0 unspecified atom stereocenters. The van der Waals surface area contributed by atoms with Gasteiger partial charge in [0.1, 0.15) is 4.84 Å². The molecule has 0 saturated heterocycles. The van der Waals surface area contributed by atoms with Gasteiger partial charge in [-0.25, -0.2) is 0 Å². The molecule has 0 aliphatic rings. The largest absolute Gasteiger partial charge is 0.295 e. The van der Waals surface area contributed by atoms with Crippen LogP contribution in [0.4, 0.5) is 0 Å². The highest BCUT2D eigenvalue weighted by Crippen LogP contribution is 2.24. The zero-order chi connectivity index (χ0) is 9.14. The molecule has 12 heavy (non-hydrogen) atoms. The highest BCUT2D eigenvalue weighted by Gasteiger charge is 2.05. The molecule has 0 aliphatic carbocycles. The highest BCUT2D eigenvalue weighted by molar-refractivity contribution is 6.44. The van der Waals surface area contributed by atoms with Crippen molar-refractivity contribution in [3.63, 3.8) is 0 Å². The van der Waals surface area contributed by atoms with Crippen molar-refractivity contribution < 1.29 is 4.79 Å². The number of halogens is 2. The Bertz CT molecular complexity index is 294. The molecule has 0 aromatic heterocycles. The Hall–Kier alpha value is -0.530. The molecule has 3 heteroatoms. The van der Waals surface area contributed by atoms with Crippen molar-refractivity contribution in [2.45, 2.75) is 11.8 Å². The molecule has 1 aromatic carbocycles. The van der Waals surface area contributed by atoms with E-state index in [4.69, 9.17) is 23.2 Å². The summed E-state index contributed by atoms with van der Waals surface area (Å²) in [4.78, 5) is 10.4. The van der Waals surface area contributed by atoms with Crippen LogP contribution in [0.2, 0.25) is 0 Å². The summed E-state index contributed by atoms with van der Waals surface area (Å²) in [5.74, 6) is 0.0193. The molecule has 0 bridgehead atoms. The number of benzene rings is 1. The van der Waals surface area contributed by atoms with E-state index in [2.05, 4.69) is 0 Å². The van der Waals surface area contributed by atoms with Crippen LogP contribution in [0.5, 0.6) is 0 Å². The van der Waals surface area contributed by atoms with Crippen molar-refractivity contribution in [2.24, 2.45) is 0 Å². The van der Waals surface area contributed by atoms with E-state index in [9.17, 15) is 4.79 Å². The van der Waals surface area contributed by atoms with Crippen LogP contribution in [-0.4, -0.2) is 5.78 Å². The first-order valence-electron chi connectivity index (χ1n) is 3.50. The predicted octanol–water partition coefficient (Wildman–Crippen LogP) is 3.37. The summed E-state index contributed by atoms with van der Waals surface area (Å²) in [6.07, 6.45) is 0. The molecule has 1 aromatic rings. The lowest BCUT2D eigenvalue weighted by molar-refractivity contribution is 0.101. The van der Waals surface area contributed by atoms with Crippen LogP contribution < -0.4 is 0 Å². The molecule has 0 radical (unpaired) electrons. The van der Waals surface area contributed by atoms with E-state index >= 15 is 0 Å². The third-order valence-electron chi connectivity index (χ3n) is 1.55. The van der Waals surface area contributed by atoms with E-state index in [0.29, 0.717) is 5.56 Å². The summed E-state index contributed by atoms with van der Waals surface area (Å²) in [6.45, 7) is 1.51. The maximum Gasteiger partial charge on any atom is 0.159 e. The number of hydrogen-bond donors (Lipinski definition) is 0. The first-order valence-corrected chi connectivity index (χ1v) is 4.37. The SMILES string of the molecule is CC(=O)c1cccc(C(Cl)Cl)c1. The molecule has 0 heterocycles. The van der Waals surface area contributed by atoms with Gasteiger partial charge in [-0.05, 0) is 18.6 Å². The fraction of sp³-hybridized carbons (Fsp3) is 0.222. The van der Waals surface area contributed by atoms with Gasteiger partial charge >= 0.3 is 0 Å². The summed E-state index contributed by atoms with van der Waals surface area (Å²) in [5, 5.41) is 0. The Morgan fingerprint density at radius 2 is 2.08 bits per heavy atom. The maximum absolute atomic E-state index is 10.9. The van der Waals surface area contributed by atoms with E-state index in [1.165, 1.54) is 6.92 Å². The number of alkyl halides is 2. The third kappa shape index (κ3) is 2.23. The van der Waals surface area contributed by atoms with Gasteiger partial charge in [-0.3, -0.25) is 4.79 Å². The number of Topliss-reactive ketones (excluding diaryl/α,β-unsaturated/α-hetero) is 1. The van der Waals surface area contributed by atoms with Crippen LogP contribution in [0.3, 0.4) is 0 Å². The summed E-state index contributed by atoms with van der Waals surface area (Å²) in [7, 11) is 0. The minimum atomic E-state index is -0.565. The van der Waals surface area contributed by atoms with Crippen LogP contribution in [0, 0.1) is 0 Å².